The van der Waals surface area contributed by atoms with Crippen molar-refractivity contribution in [2.24, 2.45) is 0 Å². The van der Waals surface area contributed by atoms with Crippen LogP contribution in [0.4, 0.5) is 24.8 Å². The summed E-state index contributed by atoms with van der Waals surface area (Å²) in [4.78, 5) is 27.6. The summed E-state index contributed by atoms with van der Waals surface area (Å²) in [5, 5.41) is 8.08. The number of carbonyl (C=O) groups is 2. The fourth-order valence-corrected chi connectivity index (χ4v) is 2.52. The van der Waals surface area contributed by atoms with E-state index >= 15 is 0 Å². The van der Waals surface area contributed by atoms with Crippen molar-refractivity contribution < 1.29 is 27.5 Å². The molecule has 11 heteroatoms. The van der Waals surface area contributed by atoms with Crippen molar-refractivity contribution in [1.82, 2.24) is 14.8 Å². The van der Waals surface area contributed by atoms with Gasteiger partial charge in [0.05, 0.1) is 19.2 Å². The largest absolute Gasteiger partial charge is 0.495 e. The van der Waals surface area contributed by atoms with E-state index in [1.165, 1.54) is 7.11 Å². The topological polar surface area (TPSA) is 98.1 Å². The molecule has 2 amide bonds. The van der Waals surface area contributed by atoms with Gasteiger partial charge in [0.2, 0.25) is 17.8 Å². The number of anilines is 2. The fourth-order valence-electron chi connectivity index (χ4n) is 2.52. The van der Waals surface area contributed by atoms with Crippen LogP contribution in [-0.2, 0) is 15.8 Å². The van der Waals surface area contributed by atoms with E-state index in [2.05, 4.69) is 20.7 Å². The molecule has 138 valence electrons. The van der Waals surface area contributed by atoms with Crippen LogP contribution in [0, 0.1) is 6.92 Å². The maximum absolute atomic E-state index is 12.8. The summed E-state index contributed by atoms with van der Waals surface area (Å²) in [7, 11) is 1.42. The molecule has 0 saturated carbocycles. The smallest absolute Gasteiger partial charge is 0.453 e. The maximum Gasteiger partial charge on any atom is 0.453 e. The molecule has 1 aliphatic heterocycles. The van der Waals surface area contributed by atoms with Gasteiger partial charge >= 0.3 is 6.18 Å². The maximum atomic E-state index is 12.8. The highest BCUT2D eigenvalue weighted by atomic mass is 19.4. The van der Waals surface area contributed by atoms with E-state index in [1.54, 1.807) is 25.1 Å². The number of hydrogen-bond donors (Lipinski definition) is 2. The number of rotatable bonds is 3. The number of carbonyl (C=O) groups excluding carboxylic acids is 2. The Balaban J connectivity index is 1.93. The molecule has 1 aliphatic rings. The number of benzene rings is 1. The van der Waals surface area contributed by atoms with Crippen LogP contribution in [0.3, 0.4) is 0 Å². The normalized spacial score (nSPS) is 16.7. The van der Waals surface area contributed by atoms with Gasteiger partial charge in [-0.3, -0.25) is 14.9 Å². The van der Waals surface area contributed by atoms with E-state index in [1.807, 2.05) is 0 Å². The second-order valence-electron chi connectivity index (χ2n) is 5.66. The molecule has 0 radical (unpaired) electrons. The number of hydrogen-bond acceptors (Lipinski definition) is 5. The fraction of sp³-hybridized carbons (Fsp3) is 0.333. The zero-order valence-corrected chi connectivity index (χ0v) is 13.7. The van der Waals surface area contributed by atoms with Crippen molar-refractivity contribution >= 4 is 23.5 Å². The zero-order chi connectivity index (χ0) is 19.1. The Morgan fingerprint density at radius 1 is 1.42 bits per heavy atom. The number of alkyl halides is 3. The van der Waals surface area contributed by atoms with E-state index in [0.29, 0.717) is 11.4 Å². The van der Waals surface area contributed by atoms with Gasteiger partial charge in [-0.2, -0.15) is 18.2 Å². The lowest BCUT2D eigenvalue weighted by Crippen LogP contribution is -2.36. The Bertz CT molecular complexity index is 878. The minimum absolute atomic E-state index is 0.334. The molecule has 2 N–H and O–H groups in total. The second-order valence-corrected chi connectivity index (χ2v) is 5.66. The number of nitrogens with zero attached hydrogens (tertiary/aromatic N) is 3. The lowest BCUT2D eigenvalue weighted by molar-refractivity contribution is -0.145. The highest BCUT2D eigenvalue weighted by Gasteiger charge is 2.41. The summed E-state index contributed by atoms with van der Waals surface area (Å²) in [6.07, 6.45) is -5.16. The van der Waals surface area contributed by atoms with Gasteiger partial charge in [0, 0.05) is 0 Å². The molecule has 0 spiro atoms. The number of nitrogens with one attached hydrogen (secondary N) is 2. The molecule has 1 aromatic carbocycles. The minimum atomic E-state index is -4.80. The van der Waals surface area contributed by atoms with Gasteiger partial charge in [-0.25, -0.2) is 4.68 Å². The number of aromatic nitrogens is 3. The van der Waals surface area contributed by atoms with Gasteiger partial charge in [-0.15, -0.1) is 5.10 Å². The van der Waals surface area contributed by atoms with Gasteiger partial charge in [0.25, 0.3) is 5.82 Å². The Morgan fingerprint density at radius 2 is 2.15 bits per heavy atom. The summed E-state index contributed by atoms with van der Waals surface area (Å²) < 4.78 is 44.4. The Labute approximate surface area is 145 Å². The molecule has 26 heavy (non-hydrogen) atoms. The second kappa shape index (κ2) is 6.32. The van der Waals surface area contributed by atoms with Gasteiger partial charge < -0.3 is 10.1 Å². The van der Waals surface area contributed by atoms with Crippen LogP contribution in [0.5, 0.6) is 5.75 Å². The van der Waals surface area contributed by atoms with Crippen molar-refractivity contribution in [3.8, 4) is 5.75 Å². The molecule has 1 aromatic heterocycles. The number of fused-ring (bicyclic) bond motifs is 1. The Kier molecular flexibility index (Phi) is 4.30. The molecule has 2 aromatic rings. The molecule has 8 nitrogen and oxygen atoms in total. The number of aryl methyl sites for hydroxylation is 1. The van der Waals surface area contributed by atoms with E-state index < -0.39 is 35.8 Å². The van der Waals surface area contributed by atoms with Crippen molar-refractivity contribution in [3.63, 3.8) is 0 Å². The highest BCUT2D eigenvalue weighted by molar-refractivity contribution is 6.01. The Hall–Kier alpha value is -3.11. The standard InChI is InChI=1S/C15H14F3N5O3/c1-7-3-4-10(26-2)8(5-7)19-12(25)9-6-11(24)20-14-21-13(15(16,17)18)22-23(9)14/h3-5,9H,6H2,1-2H3,(H,19,25)(H,20,21,22,24)/t9-/m1/s1. The first-order valence-electron chi connectivity index (χ1n) is 7.48. The van der Waals surface area contributed by atoms with Crippen LogP contribution < -0.4 is 15.4 Å². The van der Waals surface area contributed by atoms with E-state index in [-0.39, 0.29) is 6.42 Å². The SMILES string of the molecule is COc1ccc(C)cc1NC(=O)[C@H]1CC(=O)Nc2nc(C(F)(F)F)nn21. The molecule has 0 bridgehead atoms. The molecule has 0 fully saturated rings. The number of methoxy groups -OCH3 is 1. The number of ether oxygens (including phenoxy) is 1. The van der Waals surface area contributed by atoms with Crippen LogP contribution >= 0.6 is 0 Å². The van der Waals surface area contributed by atoms with Crippen molar-refractivity contribution in [2.75, 3.05) is 17.7 Å². The predicted octanol–water partition coefficient (Wildman–Crippen LogP) is 2.14. The predicted molar refractivity (Wildman–Crippen MR) is 83.7 cm³/mol. The highest BCUT2D eigenvalue weighted by Crippen LogP contribution is 2.32. The van der Waals surface area contributed by atoms with E-state index in [9.17, 15) is 22.8 Å². The summed E-state index contributed by atoms with van der Waals surface area (Å²) in [5.41, 5.74) is 1.17. The third kappa shape index (κ3) is 3.32. The summed E-state index contributed by atoms with van der Waals surface area (Å²) >= 11 is 0. The van der Waals surface area contributed by atoms with Gasteiger partial charge in [-0.05, 0) is 24.6 Å². The van der Waals surface area contributed by atoms with Gasteiger partial charge in [0.15, 0.2) is 0 Å². The first-order chi connectivity index (χ1) is 12.2. The first-order valence-corrected chi connectivity index (χ1v) is 7.48. The lowest BCUT2D eigenvalue weighted by atomic mass is 10.1. The van der Waals surface area contributed by atoms with Gasteiger partial charge in [0.1, 0.15) is 11.8 Å². The van der Waals surface area contributed by atoms with Crippen LogP contribution in [-0.4, -0.2) is 33.7 Å². The molecule has 2 heterocycles. The van der Waals surface area contributed by atoms with Crippen molar-refractivity contribution in [3.05, 3.63) is 29.6 Å². The summed E-state index contributed by atoms with van der Waals surface area (Å²) in [6.45, 7) is 1.80. The van der Waals surface area contributed by atoms with Crippen LogP contribution in [0.15, 0.2) is 18.2 Å². The number of halogens is 3. The summed E-state index contributed by atoms with van der Waals surface area (Å²) in [5.74, 6) is -2.82. The van der Waals surface area contributed by atoms with Crippen LogP contribution in [0.1, 0.15) is 23.9 Å². The molecule has 0 unspecified atom stereocenters. The molecular weight excluding hydrogens is 355 g/mol. The molecule has 1 atom stereocenters. The van der Waals surface area contributed by atoms with Crippen molar-refractivity contribution in [1.29, 1.82) is 0 Å². The molecule has 0 aliphatic carbocycles. The average molecular weight is 369 g/mol. The van der Waals surface area contributed by atoms with Crippen molar-refractivity contribution in [2.45, 2.75) is 25.6 Å². The quantitative estimate of drug-likeness (QED) is 0.864. The van der Waals surface area contributed by atoms with Gasteiger partial charge in [-0.1, -0.05) is 6.07 Å². The average Bonchev–Trinajstić information content (AvgIpc) is 2.98. The minimum Gasteiger partial charge on any atom is -0.495 e. The monoisotopic (exact) mass is 369 g/mol. The summed E-state index contributed by atoms with van der Waals surface area (Å²) in [6, 6.07) is 3.78. The molecule has 0 saturated heterocycles. The first kappa shape index (κ1) is 17.7. The lowest BCUT2D eigenvalue weighted by Gasteiger charge is -2.23. The molecule has 3 rings (SSSR count). The van der Waals surface area contributed by atoms with Crippen LogP contribution in [0.25, 0.3) is 0 Å². The third-order valence-corrected chi connectivity index (χ3v) is 3.73. The molecular formula is C15H14F3N5O3. The zero-order valence-electron chi connectivity index (χ0n) is 13.7. The Morgan fingerprint density at radius 3 is 2.81 bits per heavy atom. The van der Waals surface area contributed by atoms with Crippen LogP contribution in [0.2, 0.25) is 0 Å². The number of amides is 2. The van der Waals surface area contributed by atoms with E-state index in [0.717, 1.165) is 10.2 Å². The van der Waals surface area contributed by atoms with E-state index in [4.69, 9.17) is 4.74 Å². The third-order valence-electron chi connectivity index (χ3n) is 3.73.